The lowest BCUT2D eigenvalue weighted by molar-refractivity contribution is -0.117. The highest BCUT2D eigenvalue weighted by Crippen LogP contribution is 2.24. The van der Waals surface area contributed by atoms with Crippen molar-refractivity contribution < 1.29 is 13.2 Å². The van der Waals surface area contributed by atoms with Crippen molar-refractivity contribution in [3.8, 4) is 0 Å². The number of nitrogens with one attached hydrogen (secondary N) is 1. The zero-order valence-corrected chi connectivity index (χ0v) is 10.4. The SMILES string of the molecule is NS(=O)(=O)C1CC(=O)N(c2ccc[nH]c2=S)C1. The number of nitrogens with two attached hydrogens (primary N) is 1. The number of anilines is 1. The summed E-state index contributed by atoms with van der Waals surface area (Å²) in [5, 5.41) is 4.18. The Bertz CT molecular complexity index is 608. The molecule has 1 fully saturated rings. The molecule has 0 spiro atoms. The van der Waals surface area contributed by atoms with Crippen molar-refractivity contribution in [2.45, 2.75) is 11.7 Å². The minimum Gasteiger partial charge on any atom is -0.351 e. The van der Waals surface area contributed by atoms with Crippen LogP contribution in [0.2, 0.25) is 0 Å². The first-order chi connectivity index (χ1) is 7.89. The van der Waals surface area contributed by atoms with Crippen LogP contribution in [0.5, 0.6) is 0 Å². The summed E-state index contributed by atoms with van der Waals surface area (Å²) in [7, 11) is -3.70. The van der Waals surface area contributed by atoms with Crippen LogP contribution in [0.1, 0.15) is 6.42 Å². The van der Waals surface area contributed by atoms with Gasteiger partial charge in [-0.05, 0) is 12.1 Å². The van der Waals surface area contributed by atoms with E-state index in [0.717, 1.165) is 0 Å². The Labute approximate surface area is 103 Å². The molecule has 6 nitrogen and oxygen atoms in total. The molecular weight excluding hydrogens is 262 g/mol. The second-order valence-electron chi connectivity index (χ2n) is 3.80. The molecule has 17 heavy (non-hydrogen) atoms. The molecule has 0 aromatic carbocycles. The molecule has 92 valence electrons. The van der Waals surface area contributed by atoms with E-state index in [1.165, 1.54) is 4.90 Å². The van der Waals surface area contributed by atoms with E-state index in [1.807, 2.05) is 0 Å². The van der Waals surface area contributed by atoms with Crippen molar-refractivity contribution >= 4 is 33.8 Å². The largest absolute Gasteiger partial charge is 0.351 e. The van der Waals surface area contributed by atoms with Crippen LogP contribution in [0.15, 0.2) is 18.3 Å². The minimum atomic E-state index is -3.70. The van der Waals surface area contributed by atoms with Crippen molar-refractivity contribution in [3.05, 3.63) is 23.0 Å². The van der Waals surface area contributed by atoms with Gasteiger partial charge in [0.15, 0.2) is 0 Å². The van der Waals surface area contributed by atoms with Crippen molar-refractivity contribution in [2.75, 3.05) is 11.4 Å². The van der Waals surface area contributed by atoms with Crippen molar-refractivity contribution in [2.24, 2.45) is 5.14 Å². The second-order valence-corrected chi connectivity index (χ2v) is 6.06. The zero-order chi connectivity index (χ0) is 12.6. The number of sulfonamides is 1. The first kappa shape index (κ1) is 12.2. The van der Waals surface area contributed by atoms with Gasteiger partial charge in [-0.25, -0.2) is 13.6 Å². The van der Waals surface area contributed by atoms with Gasteiger partial charge in [-0.15, -0.1) is 0 Å². The third kappa shape index (κ3) is 2.38. The molecule has 1 amide bonds. The molecule has 1 unspecified atom stereocenters. The fourth-order valence-corrected chi connectivity index (χ4v) is 2.73. The highest BCUT2D eigenvalue weighted by atomic mass is 32.2. The number of rotatable bonds is 2. The lowest BCUT2D eigenvalue weighted by Gasteiger charge is -2.15. The van der Waals surface area contributed by atoms with Crippen LogP contribution in [-0.2, 0) is 14.8 Å². The van der Waals surface area contributed by atoms with E-state index in [2.05, 4.69) is 4.98 Å². The standard InChI is InChI=1S/C9H11N3O3S2/c10-17(14,15)6-4-8(13)12(5-6)7-2-1-3-11-9(7)16/h1-3,6H,4-5H2,(H,11,16)(H2,10,14,15). The number of hydrogen-bond donors (Lipinski definition) is 2. The third-order valence-corrected chi connectivity index (χ3v) is 4.21. The summed E-state index contributed by atoms with van der Waals surface area (Å²) in [5.41, 5.74) is 0.513. The van der Waals surface area contributed by atoms with E-state index in [-0.39, 0.29) is 18.9 Å². The van der Waals surface area contributed by atoms with Crippen molar-refractivity contribution in [3.63, 3.8) is 0 Å². The fourth-order valence-electron chi connectivity index (χ4n) is 1.75. The van der Waals surface area contributed by atoms with Gasteiger partial charge in [-0.3, -0.25) is 4.79 Å². The molecule has 1 aromatic heterocycles. The fraction of sp³-hybridized carbons (Fsp3) is 0.333. The maximum atomic E-state index is 11.7. The molecule has 0 saturated carbocycles. The number of hydrogen-bond acceptors (Lipinski definition) is 4. The van der Waals surface area contributed by atoms with Gasteiger partial charge in [0.25, 0.3) is 0 Å². The topological polar surface area (TPSA) is 96.3 Å². The molecule has 1 aliphatic rings. The Morgan fingerprint density at radius 1 is 1.53 bits per heavy atom. The molecule has 8 heteroatoms. The van der Waals surface area contributed by atoms with Crippen LogP contribution in [0.4, 0.5) is 5.69 Å². The highest BCUT2D eigenvalue weighted by Gasteiger charge is 2.37. The van der Waals surface area contributed by atoms with E-state index in [9.17, 15) is 13.2 Å². The Morgan fingerprint density at radius 3 is 2.76 bits per heavy atom. The number of primary sulfonamides is 1. The van der Waals surface area contributed by atoms with Crippen LogP contribution in [0, 0.1) is 4.64 Å². The van der Waals surface area contributed by atoms with E-state index >= 15 is 0 Å². The molecule has 0 bridgehead atoms. The Hall–Kier alpha value is -1.25. The number of carbonyl (C=O) groups excluding carboxylic acids is 1. The summed E-state index contributed by atoms with van der Waals surface area (Å²) in [6, 6.07) is 3.37. The van der Waals surface area contributed by atoms with E-state index in [1.54, 1.807) is 18.3 Å². The molecule has 1 aliphatic heterocycles. The van der Waals surface area contributed by atoms with Crippen LogP contribution in [0.3, 0.4) is 0 Å². The summed E-state index contributed by atoms with van der Waals surface area (Å²) in [5.74, 6) is -0.283. The van der Waals surface area contributed by atoms with E-state index < -0.39 is 15.3 Å². The maximum absolute atomic E-state index is 11.7. The van der Waals surface area contributed by atoms with Gasteiger partial charge in [0.2, 0.25) is 15.9 Å². The number of amides is 1. The number of carbonyl (C=O) groups is 1. The molecule has 0 radical (unpaired) electrons. The summed E-state index contributed by atoms with van der Waals surface area (Å²) < 4.78 is 22.8. The highest BCUT2D eigenvalue weighted by molar-refractivity contribution is 7.89. The summed E-state index contributed by atoms with van der Waals surface area (Å²) in [6.07, 6.45) is 1.55. The molecule has 3 N–H and O–H groups in total. The number of nitrogens with zero attached hydrogens (tertiary/aromatic N) is 1. The predicted octanol–water partition coefficient (Wildman–Crippen LogP) is 0.138. The van der Waals surface area contributed by atoms with Crippen LogP contribution < -0.4 is 10.0 Å². The first-order valence-electron chi connectivity index (χ1n) is 4.89. The van der Waals surface area contributed by atoms with Gasteiger partial charge >= 0.3 is 0 Å². The van der Waals surface area contributed by atoms with E-state index in [4.69, 9.17) is 17.4 Å². The Morgan fingerprint density at radius 2 is 2.24 bits per heavy atom. The molecule has 2 rings (SSSR count). The Kier molecular flexibility index (Phi) is 3.02. The summed E-state index contributed by atoms with van der Waals surface area (Å²) in [6.45, 7) is 0.0547. The quantitative estimate of drug-likeness (QED) is 0.749. The van der Waals surface area contributed by atoms with Crippen LogP contribution >= 0.6 is 12.2 Å². The number of aromatic nitrogens is 1. The average molecular weight is 273 g/mol. The van der Waals surface area contributed by atoms with Gasteiger partial charge in [0.1, 0.15) is 9.89 Å². The second kappa shape index (κ2) is 4.21. The van der Waals surface area contributed by atoms with Gasteiger partial charge in [0, 0.05) is 19.2 Å². The molecule has 2 heterocycles. The van der Waals surface area contributed by atoms with E-state index in [0.29, 0.717) is 10.3 Å². The number of H-pyrrole nitrogens is 1. The van der Waals surface area contributed by atoms with Gasteiger partial charge in [0.05, 0.1) is 5.69 Å². The Balaban J connectivity index is 2.35. The summed E-state index contributed by atoms with van der Waals surface area (Å²) >= 11 is 5.04. The molecule has 1 aromatic rings. The smallest absolute Gasteiger partial charge is 0.228 e. The lowest BCUT2D eigenvalue weighted by Crippen LogP contribution is -2.32. The maximum Gasteiger partial charge on any atom is 0.228 e. The van der Waals surface area contributed by atoms with Crippen molar-refractivity contribution in [1.29, 1.82) is 0 Å². The monoisotopic (exact) mass is 273 g/mol. The van der Waals surface area contributed by atoms with Crippen LogP contribution in [0.25, 0.3) is 0 Å². The van der Waals surface area contributed by atoms with Gasteiger partial charge in [-0.2, -0.15) is 0 Å². The number of aromatic amines is 1. The first-order valence-corrected chi connectivity index (χ1v) is 6.91. The molecule has 1 saturated heterocycles. The summed E-state index contributed by atoms with van der Waals surface area (Å²) in [4.78, 5) is 15.9. The number of pyridine rings is 1. The zero-order valence-electron chi connectivity index (χ0n) is 8.79. The van der Waals surface area contributed by atoms with Gasteiger partial charge < -0.3 is 9.88 Å². The molecular formula is C9H11N3O3S2. The molecule has 1 atom stereocenters. The van der Waals surface area contributed by atoms with Crippen LogP contribution in [-0.4, -0.2) is 31.1 Å². The molecule has 0 aliphatic carbocycles. The lowest BCUT2D eigenvalue weighted by atomic mass is 10.4. The third-order valence-electron chi connectivity index (χ3n) is 2.64. The van der Waals surface area contributed by atoms with Crippen molar-refractivity contribution in [1.82, 2.24) is 4.98 Å². The average Bonchev–Trinajstić information content (AvgIpc) is 2.61. The minimum absolute atomic E-state index is 0.0547. The predicted molar refractivity (Wildman–Crippen MR) is 65.5 cm³/mol. The van der Waals surface area contributed by atoms with Gasteiger partial charge in [-0.1, -0.05) is 12.2 Å². The normalized spacial score (nSPS) is 20.9.